The molecule has 0 bridgehead atoms. The van der Waals surface area contributed by atoms with Crippen LogP contribution in [-0.2, 0) is 21.4 Å². The van der Waals surface area contributed by atoms with Crippen LogP contribution in [-0.4, -0.2) is 57.5 Å². The Balaban J connectivity index is 0.000000408. The number of likely N-dealkylation sites (tertiary alicyclic amines) is 1. The molecule has 0 saturated carbocycles. The monoisotopic (exact) mass is 708 g/mol. The molecule has 2 heterocycles. The van der Waals surface area contributed by atoms with Crippen molar-refractivity contribution in [3.8, 4) is 28.3 Å². The van der Waals surface area contributed by atoms with Crippen molar-refractivity contribution in [2.75, 3.05) is 19.7 Å². The first-order valence-electron chi connectivity index (χ1n) is 18.5. The number of carbonyl (C=O) groups excluding carboxylic acids is 2. The number of ether oxygens (including phenoxy) is 1. The highest BCUT2D eigenvalue weighted by Crippen LogP contribution is 2.25. The van der Waals surface area contributed by atoms with E-state index in [1.54, 1.807) is 17.0 Å². The second-order valence-electron chi connectivity index (χ2n) is 13.8. The van der Waals surface area contributed by atoms with Gasteiger partial charge in [0.1, 0.15) is 5.75 Å². The van der Waals surface area contributed by atoms with Crippen LogP contribution >= 0.6 is 0 Å². The summed E-state index contributed by atoms with van der Waals surface area (Å²) in [4.78, 5) is 44.6. The van der Waals surface area contributed by atoms with Gasteiger partial charge in [0.05, 0.1) is 12.5 Å². The number of unbranched alkanes of at least 4 members (excludes halogenated alkanes) is 4. The molecular weight excluding hydrogens is 652 g/mol. The lowest BCUT2D eigenvalue weighted by molar-refractivity contribution is -0.152. The van der Waals surface area contributed by atoms with Crippen LogP contribution in [0.4, 0.5) is 0 Å². The number of aliphatic carboxylic acids is 1. The topological polar surface area (TPSA) is 136 Å². The highest BCUT2D eigenvalue weighted by Gasteiger charge is 2.35. The predicted octanol–water partition coefficient (Wildman–Crippen LogP) is 8.74. The highest BCUT2D eigenvalue weighted by atomic mass is 16.5. The molecule has 1 saturated heterocycles. The number of hydrogen-bond acceptors (Lipinski definition) is 6. The third-order valence-electron chi connectivity index (χ3n) is 8.81. The molecule has 0 atom stereocenters. The summed E-state index contributed by atoms with van der Waals surface area (Å²) in [5, 5.41) is 8.94. The Morgan fingerprint density at radius 2 is 1.38 bits per heavy atom. The number of nitrogens with two attached hydrogens (primary N) is 1. The average Bonchev–Trinajstić information content (AvgIpc) is 3.13. The largest absolute Gasteiger partial charge is 0.494 e. The molecule has 4 aromatic rings. The molecule has 9 nitrogen and oxygen atoms in total. The van der Waals surface area contributed by atoms with E-state index < -0.39 is 11.9 Å². The Morgan fingerprint density at radius 3 is 1.92 bits per heavy atom. The molecule has 1 fully saturated rings. The van der Waals surface area contributed by atoms with Gasteiger partial charge < -0.3 is 20.5 Å². The number of aryl methyl sites for hydroxylation is 1. The van der Waals surface area contributed by atoms with Crippen LogP contribution in [0.25, 0.3) is 22.5 Å². The zero-order valence-corrected chi connectivity index (χ0v) is 31.7. The first-order chi connectivity index (χ1) is 24.9. The van der Waals surface area contributed by atoms with E-state index in [4.69, 9.17) is 15.6 Å². The molecular formula is C43H56N4O5. The highest BCUT2D eigenvalue weighted by molar-refractivity contribution is 5.92. The van der Waals surface area contributed by atoms with Gasteiger partial charge in [-0.2, -0.15) is 0 Å². The van der Waals surface area contributed by atoms with Gasteiger partial charge in [0.15, 0.2) is 5.82 Å². The Labute approximate surface area is 309 Å². The van der Waals surface area contributed by atoms with Crippen LogP contribution in [0, 0.1) is 5.92 Å². The molecule has 0 aliphatic carbocycles. The van der Waals surface area contributed by atoms with Crippen molar-refractivity contribution in [1.29, 1.82) is 0 Å². The maximum Gasteiger partial charge on any atom is 0.310 e. The van der Waals surface area contributed by atoms with Gasteiger partial charge in [-0.3, -0.25) is 14.4 Å². The van der Waals surface area contributed by atoms with Gasteiger partial charge in [0, 0.05) is 48.6 Å². The quantitative estimate of drug-likeness (QED) is 0.125. The smallest absolute Gasteiger partial charge is 0.310 e. The maximum absolute atomic E-state index is 12.2. The molecule has 9 heteroatoms. The number of rotatable bonds is 14. The normalized spacial score (nSPS) is 12.4. The van der Waals surface area contributed by atoms with Crippen LogP contribution in [0.15, 0.2) is 85.2 Å². The number of amides is 2. The van der Waals surface area contributed by atoms with Crippen LogP contribution < -0.4 is 10.5 Å². The van der Waals surface area contributed by atoms with E-state index in [0.29, 0.717) is 37.3 Å². The summed E-state index contributed by atoms with van der Waals surface area (Å²) in [7, 11) is 0. The molecule has 278 valence electrons. The molecule has 0 radical (unpaired) electrons. The summed E-state index contributed by atoms with van der Waals surface area (Å²) in [5.74, 6) is -0.0929. The van der Waals surface area contributed by atoms with Crippen molar-refractivity contribution in [3.05, 3.63) is 102 Å². The molecule has 5 rings (SSSR count). The lowest BCUT2D eigenvalue weighted by atomic mass is 9.87. The van der Waals surface area contributed by atoms with Crippen molar-refractivity contribution in [2.24, 2.45) is 11.7 Å². The minimum absolute atomic E-state index is 0.00232. The van der Waals surface area contributed by atoms with Crippen LogP contribution in [0.5, 0.6) is 5.75 Å². The molecule has 52 heavy (non-hydrogen) atoms. The van der Waals surface area contributed by atoms with E-state index in [1.165, 1.54) is 31.2 Å². The number of carbonyl (C=O) groups is 3. The van der Waals surface area contributed by atoms with Crippen LogP contribution in [0.3, 0.4) is 0 Å². The number of nitrogens with zero attached hydrogens (tertiary/aromatic N) is 3. The van der Waals surface area contributed by atoms with Crippen LogP contribution in [0.2, 0.25) is 0 Å². The standard InChI is InChI=1S/C30H35N3O4.C11H15NO.C2H6/c1-2-3-4-5-6-17-37-27-14-12-23(13-15-27)25-18-31-29(32-19-25)24-10-7-22(8-11-24)9-16-28(34)33-20-26(21-33)30(35)36;1-11(2,3)9-6-4-8(5-7-9)10(12)13;1-2/h7-8,10-15,18-19,26H,2-6,9,16-17,20-21H2,1H3,(H,35,36);4-7H,1-3H3,(H2,12,13);1-2H3. The Hall–Kier alpha value is -5.05. The lowest BCUT2D eigenvalue weighted by Gasteiger charge is -2.36. The molecule has 3 N–H and O–H groups in total. The second-order valence-corrected chi connectivity index (χ2v) is 13.8. The van der Waals surface area contributed by atoms with E-state index in [1.807, 2.05) is 86.9 Å². The van der Waals surface area contributed by atoms with E-state index in [2.05, 4.69) is 37.7 Å². The second kappa shape index (κ2) is 20.7. The number of benzene rings is 3. The maximum atomic E-state index is 12.2. The lowest BCUT2D eigenvalue weighted by Crippen LogP contribution is -2.53. The molecule has 2 amide bonds. The fraction of sp³-hybridized carbons (Fsp3) is 0.419. The third kappa shape index (κ3) is 12.9. The molecule has 1 aromatic heterocycles. The summed E-state index contributed by atoms with van der Waals surface area (Å²) in [6.45, 7) is 14.0. The fourth-order valence-electron chi connectivity index (χ4n) is 5.47. The Bertz CT molecular complexity index is 1670. The summed E-state index contributed by atoms with van der Waals surface area (Å²) in [6.07, 6.45) is 10.8. The minimum atomic E-state index is -0.832. The molecule has 0 unspecified atom stereocenters. The van der Waals surface area contributed by atoms with Crippen molar-refractivity contribution in [2.45, 2.75) is 91.9 Å². The van der Waals surface area contributed by atoms with Gasteiger partial charge in [-0.1, -0.05) is 116 Å². The van der Waals surface area contributed by atoms with Crippen molar-refractivity contribution < 1.29 is 24.2 Å². The van der Waals surface area contributed by atoms with Gasteiger partial charge in [-0.15, -0.1) is 0 Å². The first-order valence-corrected chi connectivity index (χ1v) is 18.5. The van der Waals surface area contributed by atoms with Crippen LogP contribution in [0.1, 0.15) is 102 Å². The van der Waals surface area contributed by atoms with E-state index in [9.17, 15) is 14.4 Å². The third-order valence-corrected chi connectivity index (χ3v) is 8.81. The summed E-state index contributed by atoms with van der Waals surface area (Å²) in [5.41, 5.74) is 11.0. The molecule has 1 aliphatic rings. The van der Waals surface area contributed by atoms with Gasteiger partial charge in [0.2, 0.25) is 11.8 Å². The Morgan fingerprint density at radius 1 is 0.808 bits per heavy atom. The zero-order valence-electron chi connectivity index (χ0n) is 31.7. The molecule has 0 spiro atoms. The summed E-state index contributed by atoms with van der Waals surface area (Å²) < 4.78 is 5.85. The van der Waals surface area contributed by atoms with Gasteiger partial charge in [0.25, 0.3) is 0 Å². The van der Waals surface area contributed by atoms with Crippen molar-refractivity contribution in [3.63, 3.8) is 0 Å². The van der Waals surface area contributed by atoms with Gasteiger partial charge in [-0.05, 0) is 59.2 Å². The first kappa shape index (κ1) is 41.4. The van der Waals surface area contributed by atoms with E-state index in [-0.39, 0.29) is 17.2 Å². The number of primary amides is 1. The van der Waals surface area contributed by atoms with Crippen molar-refractivity contribution >= 4 is 17.8 Å². The number of carboxylic acid groups (broad SMARTS) is 1. The number of carboxylic acids is 1. The fourth-order valence-corrected chi connectivity index (χ4v) is 5.47. The van der Waals surface area contributed by atoms with Crippen molar-refractivity contribution in [1.82, 2.24) is 14.9 Å². The predicted molar refractivity (Wildman–Crippen MR) is 208 cm³/mol. The molecule has 3 aromatic carbocycles. The summed E-state index contributed by atoms with van der Waals surface area (Å²) >= 11 is 0. The van der Waals surface area contributed by atoms with Gasteiger partial charge >= 0.3 is 5.97 Å². The minimum Gasteiger partial charge on any atom is -0.494 e. The zero-order chi connectivity index (χ0) is 38.1. The number of hydrogen-bond donors (Lipinski definition) is 2. The summed E-state index contributed by atoms with van der Waals surface area (Å²) in [6, 6.07) is 23.4. The SMILES string of the molecule is CC.CC(C)(C)c1ccc(C(N)=O)cc1.CCCCCCCOc1ccc(-c2cnc(-c3ccc(CCC(=O)N4CC(C(=O)O)C4)cc3)nc2)cc1. The van der Waals surface area contributed by atoms with Gasteiger partial charge in [-0.25, -0.2) is 9.97 Å². The van der Waals surface area contributed by atoms with E-state index >= 15 is 0 Å². The average molecular weight is 709 g/mol. The Kier molecular flexibility index (Phi) is 16.5. The molecule has 1 aliphatic heterocycles. The van der Waals surface area contributed by atoms with E-state index in [0.717, 1.165) is 41.0 Å². The number of aromatic nitrogens is 2.